The van der Waals surface area contributed by atoms with Crippen LogP contribution in [0.4, 0.5) is 29.3 Å². The summed E-state index contributed by atoms with van der Waals surface area (Å²) in [5.41, 5.74) is 0.0240. The van der Waals surface area contributed by atoms with Crippen molar-refractivity contribution in [3.63, 3.8) is 0 Å². The van der Waals surface area contributed by atoms with Gasteiger partial charge in [0.1, 0.15) is 11.7 Å². The van der Waals surface area contributed by atoms with E-state index in [-0.39, 0.29) is 22.4 Å². The standard InChI is InChI=1S/C24H22ClF3N4O5/c1-12(2)20(22(34)36-3)31-21(33)19-11-17(32-37-19)13-4-7-15(8-5-13)29-23(35)30-18-10-14(24(26,27)28)6-9-16(18)25/h4-12,20H,1-3H3,(H,31,33)(H2,29,30,35)/t20-/m0/s1. The molecule has 0 bridgehead atoms. The fourth-order valence-corrected chi connectivity index (χ4v) is 3.33. The molecular formula is C24H22ClF3N4O5. The number of amides is 3. The molecule has 196 valence electrons. The van der Waals surface area contributed by atoms with Gasteiger partial charge in [0, 0.05) is 17.3 Å². The number of urea groups is 1. The molecule has 3 aromatic rings. The molecule has 0 saturated carbocycles. The van der Waals surface area contributed by atoms with E-state index in [1.54, 1.807) is 26.0 Å². The molecule has 1 aromatic heterocycles. The summed E-state index contributed by atoms with van der Waals surface area (Å²) in [6.07, 6.45) is -4.59. The highest BCUT2D eigenvalue weighted by Crippen LogP contribution is 2.34. The van der Waals surface area contributed by atoms with Crippen molar-refractivity contribution in [1.82, 2.24) is 10.5 Å². The average Bonchev–Trinajstić information content (AvgIpc) is 3.33. The topological polar surface area (TPSA) is 123 Å². The SMILES string of the molecule is COC(=O)[C@@H](NC(=O)c1cc(-c2ccc(NC(=O)Nc3cc(C(F)(F)F)ccc3Cl)cc2)no1)C(C)C. The van der Waals surface area contributed by atoms with Gasteiger partial charge >= 0.3 is 18.2 Å². The fourth-order valence-electron chi connectivity index (χ4n) is 3.16. The monoisotopic (exact) mass is 538 g/mol. The molecule has 1 heterocycles. The molecule has 0 aliphatic heterocycles. The highest BCUT2D eigenvalue weighted by molar-refractivity contribution is 6.33. The molecule has 3 N–H and O–H groups in total. The molecule has 3 amide bonds. The van der Waals surface area contributed by atoms with Gasteiger partial charge in [0.2, 0.25) is 5.76 Å². The number of benzene rings is 2. The fraction of sp³-hybridized carbons (Fsp3) is 0.250. The van der Waals surface area contributed by atoms with E-state index >= 15 is 0 Å². The molecule has 0 spiro atoms. The summed E-state index contributed by atoms with van der Waals surface area (Å²) in [4.78, 5) is 36.6. The first kappa shape index (κ1) is 27.5. The van der Waals surface area contributed by atoms with Gasteiger partial charge in [-0.3, -0.25) is 4.79 Å². The Kier molecular flexibility index (Phi) is 8.43. The summed E-state index contributed by atoms with van der Waals surface area (Å²) in [6, 6.07) is 8.49. The predicted octanol–water partition coefficient (Wildman–Crippen LogP) is 5.59. The van der Waals surface area contributed by atoms with E-state index in [0.29, 0.717) is 16.9 Å². The van der Waals surface area contributed by atoms with Gasteiger partial charge < -0.3 is 25.2 Å². The summed E-state index contributed by atoms with van der Waals surface area (Å²) in [7, 11) is 1.22. The Morgan fingerprint density at radius 1 is 1.03 bits per heavy atom. The summed E-state index contributed by atoms with van der Waals surface area (Å²) in [5, 5.41) is 11.1. The van der Waals surface area contributed by atoms with Gasteiger partial charge in [-0.1, -0.05) is 42.7 Å². The van der Waals surface area contributed by atoms with E-state index in [1.807, 2.05) is 0 Å². The second kappa shape index (κ2) is 11.3. The second-order valence-electron chi connectivity index (χ2n) is 8.14. The number of methoxy groups -OCH3 is 1. The number of ether oxygens (including phenoxy) is 1. The van der Waals surface area contributed by atoms with E-state index in [1.165, 1.54) is 25.3 Å². The Bertz CT molecular complexity index is 1290. The molecule has 0 fully saturated rings. The maximum absolute atomic E-state index is 12.9. The number of carbonyl (C=O) groups excluding carboxylic acids is 3. The summed E-state index contributed by atoms with van der Waals surface area (Å²) < 4.78 is 48.5. The molecule has 2 aromatic carbocycles. The number of anilines is 2. The Balaban J connectivity index is 1.65. The Hall–Kier alpha value is -4.06. The van der Waals surface area contributed by atoms with Crippen LogP contribution >= 0.6 is 11.6 Å². The number of nitrogens with zero attached hydrogens (tertiary/aromatic N) is 1. The molecule has 0 radical (unpaired) electrons. The zero-order valence-corrected chi connectivity index (χ0v) is 20.5. The number of esters is 1. The third-order valence-corrected chi connectivity index (χ3v) is 5.45. The quantitative estimate of drug-likeness (QED) is 0.337. The maximum atomic E-state index is 12.9. The highest BCUT2D eigenvalue weighted by Gasteiger charge is 2.31. The number of hydrogen-bond donors (Lipinski definition) is 3. The number of nitrogens with one attached hydrogen (secondary N) is 3. The molecule has 3 rings (SSSR count). The Labute approximate surface area is 214 Å². The van der Waals surface area contributed by atoms with Gasteiger partial charge in [-0.2, -0.15) is 13.2 Å². The molecule has 13 heteroatoms. The molecule has 0 unspecified atom stereocenters. The normalized spacial score (nSPS) is 12.1. The molecule has 0 saturated heterocycles. The minimum absolute atomic E-state index is 0.0596. The van der Waals surface area contributed by atoms with Gasteiger partial charge in [-0.25, -0.2) is 9.59 Å². The van der Waals surface area contributed by atoms with E-state index in [0.717, 1.165) is 18.2 Å². The lowest BCUT2D eigenvalue weighted by Gasteiger charge is -2.18. The number of hydrogen-bond acceptors (Lipinski definition) is 6. The summed E-state index contributed by atoms with van der Waals surface area (Å²) in [6.45, 7) is 3.50. The van der Waals surface area contributed by atoms with Crippen molar-refractivity contribution in [2.45, 2.75) is 26.1 Å². The van der Waals surface area contributed by atoms with Gasteiger partial charge in [0.25, 0.3) is 5.91 Å². The zero-order chi connectivity index (χ0) is 27.3. The molecule has 1 atom stereocenters. The lowest BCUT2D eigenvalue weighted by molar-refractivity contribution is -0.144. The van der Waals surface area contributed by atoms with Crippen LogP contribution in [-0.2, 0) is 15.7 Å². The summed E-state index contributed by atoms with van der Waals surface area (Å²) in [5.74, 6) is -1.58. The third-order valence-electron chi connectivity index (χ3n) is 5.12. The molecular weight excluding hydrogens is 517 g/mol. The van der Waals surface area contributed by atoms with Crippen LogP contribution in [0.15, 0.2) is 53.1 Å². The van der Waals surface area contributed by atoms with Crippen LogP contribution in [0.5, 0.6) is 0 Å². The first-order valence-corrected chi connectivity index (χ1v) is 11.2. The van der Waals surface area contributed by atoms with E-state index in [4.69, 9.17) is 20.9 Å². The van der Waals surface area contributed by atoms with Gasteiger partial charge in [0.05, 0.1) is 23.4 Å². The van der Waals surface area contributed by atoms with Crippen LogP contribution < -0.4 is 16.0 Å². The highest BCUT2D eigenvalue weighted by atomic mass is 35.5. The van der Waals surface area contributed by atoms with E-state index < -0.39 is 35.7 Å². The van der Waals surface area contributed by atoms with Crippen LogP contribution in [0, 0.1) is 5.92 Å². The van der Waals surface area contributed by atoms with Gasteiger partial charge in [0.15, 0.2) is 0 Å². The van der Waals surface area contributed by atoms with Crippen LogP contribution in [0.2, 0.25) is 5.02 Å². The summed E-state index contributed by atoms with van der Waals surface area (Å²) >= 11 is 5.90. The number of rotatable bonds is 7. The number of aromatic nitrogens is 1. The van der Waals surface area contributed by atoms with E-state index in [9.17, 15) is 27.6 Å². The maximum Gasteiger partial charge on any atom is 0.416 e. The molecule has 37 heavy (non-hydrogen) atoms. The minimum Gasteiger partial charge on any atom is -0.467 e. The first-order chi connectivity index (χ1) is 17.4. The van der Waals surface area contributed by atoms with Crippen LogP contribution in [0.1, 0.15) is 30.0 Å². The predicted molar refractivity (Wildman–Crippen MR) is 129 cm³/mol. The van der Waals surface area contributed by atoms with Crippen molar-refractivity contribution in [1.29, 1.82) is 0 Å². The number of alkyl halides is 3. The third kappa shape index (κ3) is 7.00. The van der Waals surface area contributed by atoms with Gasteiger partial charge in [-0.15, -0.1) is 0 Å². The van der Waals surface area contributed by atoms with E-state index in [2.05, 4.69) is 21.1 Å². The number of halogens is 4. The smallest absolute Gasteiger partial charge is 0.416 e. The van der Waals surface area contributed by atoms with Crippen molar-refractivity contribution in [3.05, 3.63) is 64.9 Å². The van der Waals surface area contributed by atoms with Crippen molar-refractivity contribution >= 4 is 40.9 Å². The lowest BCUT2D eigenvalue weighted by Crippen LogP contribution is -2.44. The molecule has 9 nitrogen and oxygen atoms in total. The second-order valence-corrected chi connectivity index (χ2v) is 8.55. The van der Waals surface area contributed by atoms with Gasteiger partial charge in [-0.05, 0) is 36.2 Å². The molecule has 0 aliphatic carbocycles. The van der Waals surface area contributed by atoms with Crippen LogP contribution in [0.3, 0.4) is 0 Å². The Morgan fingerprint density at radius 2 is 1.70 bits per heavy atom. The van der Waals surface area contributed by atoms with Crippen molar-refractivity contribution < 1.29 is 36.8 Å². The largest absolute Gasteiger partial charge is 0.467 e. The van der Waals surface area contributed by atoms with Crippen molar-refractivity contribution in [2.75, 3.05) is 17.7 Å². The molecule has 0 aliphatic rings. The Morgan fingerprint density at radius 3 is 2.30 bits per heavy atom. The van der Waals surface area contributed by atoms with Crippen molar-refractivity contribution in [2.24, 2.45) is 5.92 Å². The van der Waals surface area contributed by atoms with Crippen molar-refractivity contribution in [3.8, 4) is 11.3 Å². The van der Waals surface area contributed by atoms with Crippen LogP contribution in [0.25, 0.3) is 11.3 Å². The first-order valence-electron chi connectivity index (χ1n) is 10.8. The zero-order valence-electron chi connectivity index (χ0n) is 19.8. The minimum atomic E-state index is -4.59. The lowest BCUT2D eigenvalue weighted by atomic mass is 10.0. The van der Waals surface area contributed by atoms with Crippen LogP contribution in [-0.4, -0.2) is 36.2 Å². The average molecular weight is 539 g/mol. The number of carbonyl (C=O) groups is 3.